The molecule has 1 aromatic carbocycles. The fraction of sp³-hybridized carbons (Fsp3) is 0.312. The third kappa shape index (κ3) is 3.55. The van der Waals surface area contributed by atoms with Gasteiger partial charge in [-0.05, 0) is 41.9 Å². The van der Waals surface area contributed by atoms with Crippen LogP contribution in [0.15, 0.2) is 34.9 Å². The van der Waals surface area contributed by atoms with Gasteiger partial charge in [0, 0.05) is 41.9 Å². The average molecular weight is 371 g/mol. The van der Waals surface area contributed by atoms with Crippen LogP contribution >= 0.6 is 15.9 Å². The van der Waals surface area contributed by atoms with Crippen LogP contribution in [0.3, 0.4) is 0 Å². The van der Waals surface area contributed by atoms with Gasteiger partial charge in [0.15, 0.2) is 0 Å². The highest BCUT2D eigenvalue weighted by Crippen LogP contribution is 2.21. The number of hydrogen-bond acceptors (Lipinski definition) is 1. The number of amides is 1. The van der Waals surface area contributed by atoms with E-state index in [-0.39, 0.29) is 24.1 Å². The third-order valence-electron chi connectivity index (χ3n) is 3.36. The molecule has 0 aliphatic heterocycles. The van der Waals surface area contributed by atoms with Gasteiger partial charge in [-0.1, -0.05) is 6.07 Å². The van der Waals surface area contributed by atoms with Crippen LogP contribution in [0.5, 0.6) is 0 Å². The number of carbonyl (C=O) groups excluding carboxylic acids is 1. The largest absolute Gasteiger partial charge is 0.340 e. The standard InChI is InChI=1S/C16H17BrF2N2O/c1-10(2)21-9-12(17)6-15(21)16(22)20(3)8-11-4-5-13(18)7-14(11)19/h4-7,9-10H,8H2,1-3H3. The minimum atomic E-state index is -0.653. The fourth-order valence-electron chi connectivity index (χ4n) is 2.22. The van der Waals surface area contributed by atoms with E-state index in [1.54, 1.807) is 13.1 Å². The molecule has 2 aromatic rings. The van der Waals surface area contributed by atoms with E-state index in [1.807, 2.05) is 24.6 Å². The Morgan fingerprint density at radius 1 is 1.32 bits per heavy atom. The molecule has 22 heavy (non-hydrogen) atoms. The van der Waals surface area contributed by atoms with E-state index < -0.39 is 11.6 Å². The Kier molecular flexibility index (Phi) is 5.01. The number of benzene rings is 1. The van der Waals surface area contributed by atoms with Crippen LogP contribution in [0.1, 0.15) is 35.9 Å². The van der Waals surface area contributed by atoms with Gasteiger partial charge in [-0.15, -0.1) is 0 Å². The quantitative estimate of drug-likeness (QED) is 0.783. The third-order valence-corrected chi connectivity index (χ3v) is 3.79. The summed E-state index contributed by atoms with van der Waals surface area (Å²) < 4.78 is 29.3. The first-order valence-electron chi connectivity index (χ1n) is 6.86. The molecular formula is C16H17BrF2N2O. The highest BCUT2D eigenvalue weighted by atomic mass is 79.9. The van der Waals surface area contributed by atoms with Gasteiger partial charge in [-0.25, -0.2) is 8.78 Å². The predicted molar refractivity (Wildman–Crippen MR) is 84.7 cm³/mol. The molecule has 118 valence electrons. The van der Waals surface area contributed by atoms with Gasteiger partial charge in [-0.3, -0.25) is 4.79 Å². The Morgan fingerprint density at radius 3 is 2.59 bits per heavy atom. The van der Waals surface area contributed by atoms with Crippen molar-refractivity contribution in [3.8, 4) is 0 Å². The lowest BCUT2D eigenvalue weighted by Gasteiger charge is -2.20. The van der Waals surface area contributed by atoms with E-state index in [0.717, 1.165) is 10.5 Å². The maximum atomic E-state index is 13.7. The number of halogens is 3. The number of hydrogen-bond donors (Lipinski definition) is 0. The van der Waals surface area contributed by atoms with Gasteiger partial charge in [0.05, 0.1) is 0 Å². The van der Waals surface area contributed by atoms with Crippen LogP contribution in [-0.4, -0.2) is 22.4 Å². The molecular weight excluding hydrogens is 354 g/mol. The summed E-state index contributed by atoms with van der Waals surface area (Å²) in [5.74, 6) is -1.50. The first-order chi connectivity index (χ1) is 10.3. The molecule has 0 atom stereocenters. The molecule has 1 aromatic heterocycles. The lowest BCUT2D eigenvalue weighted by Crippen LogP contribution is -2.29. The molecule has 1 heterocycles. The van der Waals surface area contributed by atoms with Gasteiger partial charge in [0.25, 0.3) is 5.91 Å². The molecule has 6 heteroatoms. The molecule has 0 aliphatic carbocycles. The molecule has 0 aliphatic rings. The minimum absolute atomic E-state index is 0.0752. The van der Waals surface area contributed by atoms with E-state index in [1.165, 1.54) is 17.0 Å². The number of aromatic nitrogens is 1. The number of carbonyl (C=O) groups is 1. The van der Waals surface area contributed by atoms with Gasteiger partial charge in [0.1, 0.15) is 17.3 Å². The number of rotatable bonds is 4. The molecule has 0 saturated heterocycles. The maximum absolute atomic E-state index is 13.7. The SMILES string of the molecule is CC(C)n1cc(Br)cc1C(=O)N(C)Cc1ccc(F)cc1F. The maximum Gasteiger partial charge on any atom is 0.270 e. The Balaban J connectivity index is 2.22. The molecule has 0 bridgehead atoms. The second-order valence-corrected chi connectivity index (χ2v) is 6.36. The van der Waals surface area contributed by atoms with E-state index in [0.29, 0.717) is 5.69 Å². The first kappa shape index (κ1) is 16.7. The van der Waals surface area contributed by atoms with Crippen LogP contribution in [0.25, 0.3) is 0 Å². The van der Waals surface area contributed by atoms with E-state index in [9.17, 15) is 13.6 Å². The summed E-state index contributed by atoms with van der Waals surface area (Å²) in [6, 6.07) is 5.22. The smallest absolute Gasteiger partial charge is 0.270 e. The Bertz CT molecular complexity index is 697. The van der Waals surface area contributed by atoms with Crippen LogP contribution in [0.2, 0.25) is 0 Å². The molecule has 2 rings (SSSR count). The molecule has 0 unspecified atom stereocenters. The molecule has 0 saturated carbocycles. The Morgan fingerprint density at radius 2 is 2.00 bits per heavy atom. The van der Waals surface area contributed by atoms with Crippen molar-refractivity contribution in [1.82, 2.24) is 9.47 Å². The first-order valence-corrected chi connectivity index (χ1v) is 7.65. The van der Waals surface area contributed by atoms with Crippen molar-refractivity contribution in [3.63, 3.8) is 0 Å². The normalized spacial score (nSPS) is 11.0. The van der Waals surface area contributed by atoms with Crippen LogP contribution < -0.4 is 0 Å². The predicted octanol–water partition coefficient (Wildman–Crippen LogP) is 4.38. The summed E-state index contributed by atoms with van der Waals surface area (Å²) in [5, 5.41) is 0. The topological polar surface area (TPSA) is 25.2 Å². The molecule has 0 radical (unpaired) electrons. The molecule has 1 amide bonds. The van der Waals surface area contributed by atoms with Crippen LogP contribution in [-0.2, 0) is 6.54 Å². The summed E-state index contributed by atoms with van der Waals surface area (Å²) >= 11 is 3.36. The summed E-state index contributed by atoms with van der Waals surface area (Å²) in [6.07, 6.45) is 1.84. The Labute approximate surface area is 136 Å². The zero-order chi connectivity index (χ0) is 16.4. The van der Waals surface area contributed by atoms with Crippen molar-refractivity contribution in [2.45, 2.75) is 26.4 Å². The van der Waals surface area contributed by atoms with E-state index >= 15 is 0 Å². The average Bonchev–Trinajstić information content (AvgIpc) is 2.83. The van der Waals surface area contributed by atoms with Gasteiger partial charge >= 0.3 is 0 Å². The lowest BCUT2D eigenvalue weighted by atomic mass is 10.2. The van der Waals surface area contributed by atoms with Gasteiger partial charge in [-0.2, -0.15) is 0 Å². The number of nitrogens with zero attached hydrogens (tertiary/aromatic N) is 2. The summed E-state index contributed by atoms with van der Waals surface area (Å²) in [5.41, 5.74) is 0.797. The summed E-state index contributed by atoms with van der Waals surface area (Å²) in [7, 11) is 1.59. The molecule has 3 nitrogen and oxygen atoms in total. The fourth-order valence-corrected chi connectivity index (χ4v) is 2.65. The second-order valence-electron chi connectivity index (χ2n) is 5.44. The van der Waals surface area contributed by atoms with Crippen LogP contribution in [0, 0.1) is 11.6 Å². The zero-order valence-corrected chi connectivity index (χ0v) is 14.2. The van der Waals surface area contributed by atoms with Crippen molar-refractivity contribution in [2.24, 2.45) is 0 Å². The van der Waals surface area contributed by atoms with Crippen molar-refractivity contribution in [3.05, 3.63) is 57.8 Å². The van der Waals surface area contributed by atoms with Crippen molar-refractivity contribution < 1.29 is 13.6 Å². The summed E-state index contributed by atoms with van der Waals surface area (Å²) in [6.45, 7) is 4.03. The molecule has 0 fully saturated rings. The van der Waals surface area contributed by atoms with E-state index in [4.69, 9.17) is 0 Å². The monoisotopic (exact) mass is 370 g/mol. The Hall–Kier alpha value is -1.69. The van der Waals surface area contributed by atoms with Crippen LogP contribution in [0.4, 0.5) is 8.78 Å². The highest BCUT2D eigenvalue weighted by Gasteiger charge is 2.19. The van der Waals surface area contributed by atoms with E-state index in [2.05, 4.69) is 15.9 Å². The zero-order valence-electron chi connectivity index (χ0n) is 12.6. The van der Waals surface area contributed by atoms with Crippen molar-refractivity contribution in [2.75, 3.05) is 7.05 Å². The van der Waals surface area contributed by atoms with Crippen molar-refractivity contribution >= 4 is 21.8 Å². The lowest BCUT2D eigenvalue weighted by molar-refractivity contribution is 0.0771. The van der Waals surface area contributed by atoms with Gasteiger partial charge in [0.2, 0.25) is 0 Å². The highest BCUT2D eigenvalue weighted by molar-refractivity contribution is 9.10. The minimum Gasteiger partial charge on any atom is -0.340 e. The van der Waals surface area contributed by atoms with Gasteiger partial charge < -0.3 is 9.47 Å². The second kappa shape index (κ2) is 6.60. The molecule has 0 N–H and O–H groups in total. The summed E-state index contributed by atoms with van der Waals surface area (Å²) in [4.78, 5) is 14.0. The van der Waals surface area contributed by atoms with Crippen molar-refractivity contribution in [1.29, 1.82) is 0 Å². The molecule has 0 spiro atoms.